The van der Waals surface area contributed by atoms with Gasteiger partial charge in [-0.25, -0.2) is 9.97 Å². The lowest BCUT2D eigenvalue weighted by atomic mass is 10.3. The van der Waals surface area contributed by atoms with Crippen LogP contribution in [0.15, 0.2) is 33.5 Å². The normalized spacial score (nSPS) is 10.9. The quantitative estimate of drug-likeness (QED) is 0.524. The molecule has 0 aromatic carbocycles. The molecule has 7 nitrogen and oxygen atoms in total. The van der Waals surface area contributed by atoms with Gasteiger partial charge in [0.25, 0.3) is 0 Å². The predicted octanol–water partition coefficient (Wildman–Crippen LogP) is 4.14. The molecule has 0 saturated heterocycles. The van der Waals surface area contributed by atoms with Crippen LogP contribution in [0.1, 0.15) is 11.1 Å². The molecular formula is C14H15Br2N2O5P. The molecule has 24 heavy (non-hydrogen) atoms. The van der Waals surface area contributed by atoms with E-state index in [1.165, 1.54) is 14.2 Å². The molecular weight excluding hydrogens is 467 g/mol. The second-order valence-corrected chi connectivity index (χ2v) is 7.38. The Morgan fingerprint density at radius 2 is 1.33 bits per heavy atom. The summed E-state index contributed by atoms with van der Waals surface area (Å²) in [5.41, 5.74) is 1.33. The van der Waals surface area contributed by atoms with E-state index in [2.05, 4.69) is 41.8 Å². The van der Waals surface area contributed by atoms with Crippen molar-refractivity contribution in [3.05, 3.63) is 44.6 Å². The largest absolute Gasteiger partial charge is 0.481 e. The second-order valence-electron chi connectivity index (χ2n) is 4.47. The smallest absolute Gasteiger partial charge is 0.319 e. The third-order valence-corrected chi connectivity index (χ3v) is 4.49. The lowest BCUT2D eigenvalue weighted by molar-refractivity contribution is 0.208. The third kappa shape index (κ3) is 5.53. The summed E-state index contributed by atoms with van der Waals surface area (Å²) in [4.78, 5) is 8.18. The fraction of sp³-hybridized carbons (Fsp3) is 0.286. The number of aromatic nitrogens is 2. The van der Waals surface area contributed by atoms with E-state index in [9.17, 15) is 4.57 Å². The summed E-state index contributed by atoms with van der Waals surface area (Å²) in [6.07, 6.45) is 3.21. The average molecular weight is 482 g/mol. The van der Waals surface area contributed by atoms with E-state index in [1.807, 2.05) is 0 Å². The van der Waals surface area contributed by atoms with Crippen molar-refractivity contribution >= 4 is 40.1 Å². The Kier molecular flexibility index (Phi) is 7.64. The predicted molar refractivity (Wildman–Crippen MR) is 95.6 cm³/mol. The first kappa shape index (κ1) is 19.3. The van der Waals surface area contributed by atoms with Gasteiger partial charge in [-0.05, 0) is 44.0 Å². The SMILES string of the molecule is COc1ncc(Br)cc1CO[PH](=O)OCc1cc(Br)cnc1OC. The van der Waals surface area contributed by atoms with Gasteiger partial charge in [-0.1, -0.05) is 0 Å². The van der Waals surface area contributed by atoms with Gasteiger partial charge < -0.3 is 18.5 Å². The molecule has 0 fully saturated rings. The summed E-state index contributed by atoms with van der Waals surface area (Å²) in [5.74, 6) is 0.816. The zero-order chi connectivity index (χ0) is 17.5. The summed E-state index contributed by atoms with van der Waals surface area (Å²) in [6, 6.07) is 3.56. The van der Waals surface area contributed by atoms with Crippen LogP contribution in [0.25, 0.3) is 0 Å². The van der Waals surface area contributed by atoms with Crippen molar-refractivity contribution in [2.45, 2.75) is 13.2 Å². The fourth-order valence-corrected chi connectivity index (χ4v) is 3.21. The van der Waals surface area contributed by atoms with E-state index in [0.717, 1.165) is 8.95 Å². The zero-order valence-corrected chi connectivity index (χ0v) is 17.1. The number of ether oxygens (including phenoxy) is 2. The van der Waals surface area contributed by atoms with Crippen LogP contribution in [0.2, 0.25) is 0 Å². The first-order valence-corrected chi connectivity index (χ1v) is 9.51. The molecule has 130 valence electrons. The first-order valence-electron chi connectivity index (χ1n) is 6.70. The summed E-state index contributed by atoms with van der Waals surface area (Å²) < 4.78 is 34.3. The van der Waals surface area contributed by atoms with E-state index in [1.54, 1.807) is 24.5 Å². The summed E-state index contributed by atoms with van der Waals surface area (Å²) in [7, 11) is 0.305. The number of hydrogen-bond acceptors (Lipinski definition) is 7. The highest BCUT2D eigenvalue weighted by Crippen LogP contribution is 2.31. The van der Waals surface area contributed by atoms with Gasteiger partial charge in [-0.3, -0.25) is 4.57 Å². The summed E-state index contributed by atoms with van der Waals surface area (Å²) in [5, 5.41) is 0. The molecule has 0 saturated carbocycles. The Labute approximate surface area is 156 Å². The maximum Gasteiger partial charge on any atom is 0.319 e. The maximum atomic E-state index is 12.0. The molecule has 0 unspecified atom stereocenters. The van der Waals surface area contributed by atoms with Crippen molar-refractivity contribution in [1.82, 2.24) is 9.97 Å². The number of nitrogens with zero attached hydrogens (tertiary/aromatic N) is 2. The molecule has 0 radical (unpaired) electrons. The van der Waals surface area contributed by atoms with Crippen molar-refractivity contribution in [3.63, 3.8) is 0 Å². The molecule has 0 aliphatic heterocycles. The Morgan fingerprint density at radius 3 is 1.71 bits per heavy atom. The molecule has 2 aromatic rings. The van der Waals surface area contributed by atoms with Gasteiger partial charge in [0.05, 0.1) is 27.4 Å². The Hall–Kier alpha value is -0.990. The van der Waals surface area contributed by atoms with Gasteiger partial charge in [-0.15, -0.1) is 0 Å². The molecule has 2 heterocycles. The van der Waals surface area contributed by atoms with Gasteiger partial charge in [-0.2, -0.15) is 0 Å². The van der Waals surface area contributed by atoms with Crippen LogP contribution < -0.4 is 9.47 Å². The Balaban J connectivity index is 1.93. The van der Waals surface area contributed by atoms with Gasteiger partial charge in [0.1, 0.15) is 0 Å². The van der Waals surface area contributed by atoms with Gasteiger partial charge in [0.15, 0.2) is 0 Å². The monoisotopic (exact) mass is 480 g/mol. The van der Waals surface area contributed by atoms with E-state index < -0.39 is 8.25 Å². The van der Waals surface area contributed by atoms with E-state index >= 15 is 0 Å². The molecule has 0 amide bonds. The first-order chi connectivity index (χ1) is 11.5. The Morgan fingerprint density at radius 1 is 0.917 bits per heavy atom. The van der Waals surface area contributed by atoms with Gasteiger partial charge in [0, 0.05) is 32.5 Å². The van der Waals surface area contributed by atoms with Crippen molar-refractivity contribution in [1.29, 1.82) is 0 Å². The van der Waals surface area contributed by atoms with Gasteiger partial charge in [0.2, 0.25) is 11.8 Å². The molecule has 2 rings (SSSR count). The minimum Gasteiger partial charge on any atom is -0.481 e. The van der Waals surface area contributed by atoms with Crippen molar-refractivity contribution in [3.8, 4) is 11.8 Å². The molecule has 0 N–H and O–H groups in total. The number of halogens is 2. The maximum absolute atomic E-state index is 12.0. The van der Waals surface area contributed by atoms with Crippen LogP contribution in [-0.4, -0.2) is 24.2 Å². The lowest BCUT2D eigenvalue weighted by Gasteiger charge is -2.10. The number of methoxy groups -OCH3 is 2. The highest BCUT2D eigenvalue weighted by atomic mass is 79.9. The summed E-state index contributed by atoms with van der Waals surface area (Å²) >= 11 is 6.63. The minimum atomic E-state index is -2.71. The molecule has 2 aromatic heterocycles. The third-order valence-electron chi connectivity index (χ3n) is 2.86. The molecule has 10 heteroatoms. The molecule has 0 atom stereocenters. The van der Waals surface area contributed by atoms with Crippen LogP contribution in [0.3, 0.4) is 0 Å². The zero-order valence-electron chi connectivity index (χ0n) is 12.9. The van der Waals surface area contributed by atoms with Crippen molar-refractivity contribution < 1.29 is 23.1 Å². The van der Waals surface area contributed by atoms with E-state index in [0.29, 0.717) is 22.9 Å². The highest BCUT2D eigenvalue weighted by Gasteiger charge is 2.11. The summed E-state index contributed by atoms with van der Waals surface area (Å²) in [6.45, 7) is 0.114. The van der Waals surface area contributed by atoms with Gasteiger partial charge >= 0.3 is 8.25 Å². The van der Waals surface area contributed by atoms with E-state index in [-0.39, 0.29) is 13.2 Å². The van der Waals surface area contributed by atoms with E-state index in [4.69, 9.17) is 18.5 Å². The standard InChI is InChI=1S/C14H15Br2N2O5P/c1-20-13-9(3-11(15)5-17-13)7-22-24(19)23-8-10-4-12(16)6-18-14(10)21-2/h3-6,24H,7-8H2,1-2H3. The number of pyridine rings is 2. The fourth-order valence-electron chi connectivity index (χ4n) is 1.83. The lowest BCUT2D eigenvalue weighted by Crippen LogP contribution is -1.98. The second kappa shape index (κ2) is 9.48. The van der Waals surface area contributed by atoms with Crippen LogP contribution in [0.4, 0.5) is 0 Å². The average Bonchev–Trinajstić information content (AvgIpc) is 2.58. The molecule has 0 aliphatic carbocycles. The van der Waals surface area contributed by atoms with Crippen molar-refractivity contribution in [2.24, 2.45) is 0 Å². The van der Waals surface area contributed by atoms with Crippen LogP contribution in [-0.2, 0) is 26.8 Å². The number of hydrogen-bond donors (Lipinski definition) is 0. The van der Waals surface area contributed by atoms with Crippen molar-refractivity contribution in [2.75, 3.05) is 14.2 Å². The van der Waals surface area contributed by atoms with Crippen LogP contribution in [0.5, 0.6) is 11.8 Å². The van der Waals surface area contributed by atoms with Crippen LogP contribution >= 0.6 is 40.1 Å². The minimum absolute atomic E-state index is 0.0568. The molecule has 0 bridgehead atoms. The molecule has 0 spiro atoms. The molecule has 0 aliphatic rings. The number of rotatable bonds is 8. The van der Waals surface area contributed by atoms with Crippen LogP contribution in [0, 0.1) is 0 Å². The highest BCUT2D eigenvalue weighted by molar-refractivity contribution is 9.10. The topological polar surface area (TPSA) is 79.8 Å². The Bertz CT molecular complexity index is 673.